The first-order valence-corrected chi connectivity index (χ1v) is 7.99. The van der Waals surface area contributed by atoms with Crippen molar-refractivity contribution < 1.29 is 13.2 Å². The number of ether oxygens (including phenoxy) is 1. The molecule has 0 spiro atoms. The van der Waals surface area contributed by atoms with Crippen molar-refractivity contribution in [2.24, 2.45) is 0 Å². The Kier molecular flexibility index (Phi) is 5.34. The summed E-state index contributed by atoms with van der Waals surface area (Å²) in [6.45, 7) is 6.00. The molecule has 0 aliphatic rings. The second-order valence-electron chi connectivity index (χ2n) is 3.71. The van der Waals surface area contributed by atoms with Gasteiger partial charge < -0.3 is 4.74 Å². The molecule has 0 aliphatic heterocycles. The predicted octanol–water partition coefficient (Wildman–Crippen LogP) is 4.27. The van der Waals surface area contributed by atoms with Crippen molar-refractivity contribution in [3.05, 3.63) is 34.3 Å². The molecule has 18 heavy (non-hydrogen) atoms. The zero-order chi connectivity index (χ0) is 13.9. The van der Waals surface area contributed by atoms with Crippen LogP contribution in [0.5, 0.6) is 5.75 Å². The standard InChI is InChI=1S/C11H11Cl3O3S/c1-7(2)3-4-17-10-5-9(13)11(6-8(10)12)18(14,15)16/h5-6H,1,3-4H2,2H3. The van der Waals surface area contributed by atoms with Gasteiger partial charge in [0.15, 0.2) is 0 Å². The lowest BCUT2D eigenvalue weighted by molar-refractivity contribution is 0.322. The van der Waals surface area contributed by atoms with Crippen molar-refractivity contribution in [1.29, 1.82) is 0 Å². The monoisotopic (exact) mass is 328 g/mol. The van der Waals surface area contributed by atoms with E-state index in [9.17, 15) is 8.42 Å². The van der Waals surface area contributed by atoms with Crippen LogP contribution in [0.3, 0.4) is 0 Å². The molecular weight excluding hydrogens is 319 g/mol. The average molecular weight is 330 g/mol. The van der Waals surface area contributed by atoms with Gasteiger partial charge in [-0.05, 0) is 13.0 Å². The summed E-state index contributed by atoms with van der Waals surface area (Å²) < 4.78 is 27.8. The Bertz CT molecular complexity index is 567. The fourth-order valence-electron chi connectivity index (χ4n) is 1.14. The molecule has 0 fully saturated rings. The molecule has 1 rings (SSSR count). The molecule has 0 saturated carbocycles. The highest BCUT2D eigenvalue weighted by Crippen LogP contribution is 2.35. The summed E-state index contributed by atoms with van der Waals surface area (Å²) >= 11 is 11.7. The van der Waals surface area contributed by atoms with Crippen molar-refractivity contribution in [2.75, 3.05) is 6.61 Å². The maximum absolute atomic E-state index is 11.2. The van der Waals surface area contributed by atoms with Gasteiger partial charge in [-0.2, -0.15) is 0 Å². The molecule has 1 aromatic carbocycles. The van der Waals surface area contributed by atoms with E-state index in [1.165, 1.54) is 12.1 Å². The average Bonchev–Trinajstić information content (AvgIpc) is 2.20. The van der Waals surface area contributed by atoms with Gasteiger partial charge in [0.05, 0.1) is 16.7 Å². The Morgan fingerprint density at radius 3 is 2.44 bits per heavy atom. The third-order valence-electron chi connectivity index (χ3n) is 2.04. The minimum atomic E-state index is -3.92. The molecule has 0 bridgehead atoms. The van der Waals surface area contributed by atoms with Crippen LogP contribution in [0.25, 0.3) is 0 Å². The smallest absolute Gasteiger partial charge is 0.262 e. The molecule has 0 N–H and O–H groups in total. The zero-order valence-electron chi connectivity index (χ0n) is 9.54. The van der Waals surface area contributed by atoms with Crippen LogP contribution < -0.4 is 4.74 Å². The summed E-state index contributed by atoms with van der Waals surface area (Å²) in [6.07, 6.45) is 0.670. The van der Waals surface area contributed by atoms with Crippen molar-refractivity contribution in [1.82, 2.24) is 0 Å². The first-order chi connectivity index (χ1) is 8.21. The Balaban J connectivity index is 2.97. The van der Waals surface area contributed by atoms with Crippen molar-refractivity contribution in [3.8, 4) is 5.75 Å². The normalized spacial score (nSPS) is 11.3. The minimum absolute atomic E-state index is 0.0280. The van der Waals surface area contributed by atoms with Gasteiger partial charge >= 0.3 is 0 Å². The van der Waals surface area contributed by atoms with E-state index >= 15 is 0 Å². The lowest BCUT2D eigenvalue weighted by atomic mass is 10.2. The van der Waals surface area contributed by atoms with Crippen LogP contribution in [0.4, 0.5) is 0 Å². The molecule has 0 saturated heterocycles. The van der Waals surface area contributed by atoms with E-state index in [4.69, 9.17) is 38.6 Å². The zero-order valence-corrected chi connectivity index (χ0v) is 12.6. The summed E-state index contributed by atoms with van der Waals surface area (Å²) in [7, 11) is 1.29. The van der Waals surface area contributed by atoms with Crippen molar-refractivity contribution >= 4 is 42.9 Å². The van der Waals surface area contributed by atoms with E-state index < -0.39 is 9.05 Å². The predicted molar refractivity (Wildman–Crippen MR) is 74.4 cm³/mol. The second kappa shape index (κ2) is 6.15. The minimum Gasteiger partial charge on any atom is -0.492 e. The number of benzene rings is 1. The van der Waals surface area contributed by atoms with Crippen LogP contribution in [0.15, 0.2) is 29.2 Å². The Hall–Kier alpha value is -0.420. The molecule has 0 aromatic heterocycles. The Morgan fingerprint density at radius 1 is 1.33 bits per heavy atom. The Morgan fingerprint density at radius 2 is 1.94 bits per heavy atom. The molecule has 0 aliphatic carbocycles. The highest BCUT2D eigenvalue weighted by atomic mass is 35.7. The topological polar surface area (TPSA) is 43.4 Å². The maximum atomic E-state index is 11.2. The number of rotatable bonds is 5. The lowest BCUT2D eigenvalue weighted by Gasteiger charge is -2.10. The fraction of sp³-hybridized carbons (Fsp3) is 0.273. The van der Waals surface area contributed by atoms with E-state index in [2.05, 4.69) is 6.58 Å². The summed E-state index contributed by atoms with van der Waals surface area (Å²) in [5, 5.41) is 0.111. The SMILES string of the molecule is C=C(C)CCOc1cc(Cl)c(S(=O)(=O)Cl)cc1Cl. The summed E-state index contributed by atoms with van der Waals surface area (Å²) in [6, 6.07) is 2.50. The molecule has 1 aromatic rings. The van der Waals surface area contributed by atoms with Gasteiger partial charge in [-0.25, -0.2) is 8.42 Å². The molecule has 0 amide bonds. The molecule has 0 unspecified atom stereocenters. The molecule has 3 nitrogen and oxygen atoms in total. The van der Waals surface area contributed by atoms with Crippen LogP contribution in [-0.4, -0.2) is 15.0 Å². The third-order valence-corrected chi connectivity index (χ3v) is 4.12. The summed E-state index contributed by atoms with van der Waals surface area (Å²) in [4.78, 5) is -0.233. The molecule has 0 radical (unpaired) electrons. The lowest BCUT2D eigenvalue weighted by Crippen LogP contribution is -2.00. The molecule has 100 valence electrons. The summed E-state index contributed by atoms with van der Waals surface area (Å²) in [5.74, 6) is 0.312. The van der Waals surface area contributed by atoms with Crippen molar-refractivity contribution in [2.45, 2.75) is 18.2 Å². The van der Waals surface area contributed by atoms with Gasteiger partial charge in [-0.1, -0.05) is 28.8 Å². The molecule has 0 heterocycles. The van der Waals surface area contributed by atoms with E-state index in [1.807, 2.05) is 6.92 Å². The van der Waals surface area contributed by atoms with Crippen LogP contribution in [-0.2, 0) is 9.05 Å². The molecule has 7 heteroatoms. The van der Waals surface area contributed by atoms with Gasteiger partial charge in [0.25, 0.3) is 9.05 Å². The highest BCUT2D eigenvalue weighted by Gasteiger charge is 2.18. The van der Waals surface area contributed by atoms with Crippen LogP contribution in [0.1, 0.15) is 13.3 Å². The molecular formula is C11H11Cl3O3S. The second-order valence-corrected chi connectivity index (χ2v) is 7.06. The first-order valence-electron chi connectivity index (χ1n) is 4.92. The first kappa shape index (κ1) is 15.6. The van der Waals surface area contributed by atoms with Gasteiger partial charge in [-0.3, -0.25) is 0 Å². The summed E-state index contributed by atoms with van der Waals surface area (Å²) in [5.41, 5.74) is 0.970. The third kappa shape index (κ3) is 4.35. The van der Waals surface area contributed by atoms with Gasteiger partial charge in [0, 0.05) is 23.2 Å². The largest absolute Gasteiger partial charge is 0.492 e. The van der Waals surface area contributed by atoms with Gasteiger partial charge in [0.2, 0.25) is 0 Å². The number of hydrogen-bond donors (Lipinski definition) is 0. The van der Waals surface area contributed by atoms with Gasteiger partial charge in [-0.15, -0.1) is 6.58 Å². The van der Waals surface area contributed by atoms with Crippen LogP contribution >= 0.6 is 33.9 Å². The quantitative estimate of drug-likeness (QED) is 0.598. The number of halogens is 3. The van der Waals surface area contributed by atoms with Crippen LogP contribution in [0, 0.1) is 0 Å². The highest BCUT2D eigenvalue weighted by molar-refractivity contribution is 8.13. The van der Waals surface area contributed by atoms with E-state index in [0.717, 1.165) is 5.57 Å². The number of hydrogen-bond acceptors (Lipinski definition) is 3. The van der Waals surface area contributed by atoms with E-state index in [1.54, 1.807) is 0 Å². The van der Waals surface area contributed by atoms with E-state index in [-0.39, 0.29) is 14.9 Å². The van der Waals surface area contributed by atoms with E-state index in [0.29, 0.717) is 18.8 Å². The fourth-order valence-corrected chi connectivity index (χ4v) is 2.94. The van der Waals surface area contributed by atoms with Crippen molar-refractivity contribution in [3.63, 3.8) is 0 Å². The molecule has 0 atom stereocenters. The van der Waals surface area contributed by atoms with Gasteiger partial charge in [0.1, 0.15) is 10.6 Å². The van der Waals surface area contributed by atoms with Crippen LogP contribution in [0.2, 0.25) is 10.0 Å². The maximum Gasteiger partial charge on any atom is 0.262 e. The Labute approximate surface area is 121 Å².